The molecule has 0 saturated carbocycles. The van der Waals surface area contributed by atoms with E-state index in [1.165, 1.54) is 28.2 Å². The predicted molar refractivity (Wildman–Crippen MR) is 132 cm³/mol. The van der Waals surface area contributed by atoms with Crippen LogP contribution in [0.1, 0.15) is 58.7 Å². The van der Waals surface area contributed by atoms with Gasteiger partial charge in [0.1, 0.15) is 15.5 Å². The van der Waals surface area contributed by atoms with Gasteiger partial charge in [0.05, 0.1) is 5.69 Å². The number of thiophene rings is 1. The molecule has 1 aliphatic carbocycles. The SMILES string of the molecule is CCCc1nc2sc(C(=O)N[C@H](C)Cc3ccc(OI)cc3)c(N)c2c2c1CCC2. The molecule has 0 fully saturated rings. The number of nitrogens with zero attached hydrogens (tertiary/aromatic N) is 1. The predicted octanol–water partition coefficient (Wildman–Crippen LogP) is 5.41. The van der Waals surface area contributed by atoms with Gasteiger partial charge in [-0.3, -0.25) is 4.79 Å². The van der Waals surface area contributed by atoms with Crippen LogP contribution in [0.25, 0.3) is 10.2 Å². The van der Waals surface area contributed by atoms with Crippen LogP contribution in [0.4, 0.5) is 5.69 Å². The molecule has 7 heteroatoms. The number of pyridine rings is 1. The van der Waals surface area contributed by atoms with Crippen molar-refractivity contribution in [3.05, 3.63) is 51.5 Å². The number of benzene rings is 1. The molecule has 30 heavy (non-hydrogen) atoms. The van der Waals surface area contributed by atoms with Gasteiger partial charge < -0.3 is 14.1 Å². The van der Waals surface area contributed by atoms with Gasteiger partial charge in [-0.25, -0.2) is 4.98 Å². The summed E-state index contributed by atoms with van der Waals surface area (Å²) in [5, 5.41) is 4.13. The smallest absolute Gasteiger partial charge is 0.263 e. The number of anilines is 1. The van der Waals surface area contributed by atoms with Crippen LogP contribution in [0.2, 0.25) is 0 Å². The van der Waals surface area contributed by atoms with Gasteiger partial charge in [-0.15, -0.1) is 11.3 Å². The number of hydrogen-bond acceptors (Lipinski definition) is 5. The number of nitrogen functional groups attached to an aromatic ring is 1. The number of rotatable bonds is 7. The second kappa shape index (κ2) is 9.09. The number of carbonyl (C=O) groups is 1. The van der Waals surface area contributed by atoms with Crippen LogP contribution in [0.15, 0.2) is 24.3 Å². The lowest BCUT2D eigenvalue weighted by Gasteiger charge is -2.14. The number of nitrogens with one attached hydrogen (secondary N) is 1. The summed E-state index contributed by atoms with van der Waals surface area (Å²) in [5.74, 6) is 0.704. The first kappa shape index (κ1) is 21.4. The van der Waals surface area contributed by atoms with E-state index in [4.69, 9.17) is 13.8 Å². The zero-order chi connectivity index (χ0) is 21.3. The van der Waals surface area contributed by atoms with Crippen molar-refractivity contribution in [1.29, 1.82) is 0 Å². The Hall–Kier alpha value is -1.87. The lowest BCUT2D eigenvalue weighted by atomic mass is 10.0. The number of halogens is 1. The summed E-state index contributed by atoms with van der Waals surface area (Å²) in [6.45, 7) is 4.19. The van der Waals surface area contributed by atoms with Crippen molar-refractivity contribution in [2.45, 2.75) is 58.4 Å². The Morgan fingerprint density at radius 1 is 1.30 bits per heavy atom. The zero-order valence-corrected chi connectivity index (χ0v) is 20.2. The maximum atomic E-state index is 13.0. The molecular formula is C23H26IN3O2S. The Morgan fingerprint density at radius 3 is 2.73 bits per heavy atom. The third-order valence-corrected chi connectivity index (χ3v) is 7.26. The Morgan fingerprint density at radius 2 is 2.03 bits per heavy atom. The molecule has 0 unspecified atom stereocenters. The van der Waals surface area contributed by atoms with Crippen LogP contribution >= 0.6 is 34.3 Å². The van der Waals surface area contributed by atoms with Gasteiger partial charge in [-0.05, 0) is 67.9 Å². The van der Waals surface area contributed by atoms with Gasteiger partial charge in [-0.2, -0.15) is 0 Å². The van der Waals surface area contributed by atoms with Gasteiger partial charge in [0.25, 0.3) is 5.91 Å². The third kappa shape index (κ3) is 4.14. The summed E-state index contributed by atoms with van der Waals surface area (Å²) in [6, 6.07) is 7.89. The van der Waals surface area contributed by atoms with Crippen molar-refractivity contribution in [3.8, 4) is 5.75 Å². The summed E-state index contributed by atoms with van der Waals surface area (Å²) in [6.07, 6.45) is 6.04. The summed E-state index contributed by atoms with van der Waals surface area (Å²) in [5.41, 5.74) is 12.1. The molecule has 1 aliphatic rings. The van der Waals surface area contributed by atoms with E-state index in [0.29, 0.717) is 10.6 Å². The number of aryl methyl sites for hydroxylation is 2. The van der Waals surface area contributed by atoms with Crippen LogP contribution < -0.4 is 14.1 Å². The average Bonchev–Trinajstić information content (AvgIpc) is 3.33. The second-order valence-electron chi connectivity index (χ2n) is 7.94. The van der Waals surface area contributed by atoms with Crippen LogP contribution in [0.5, 0.6) is 5.75 Å². The van der Waals surface area contributed by atoms with Crippen LogP contribution in [-0.4, -0.2) is 16.9 Å². The average molecular weight is 535 g/mol. The van der Waals surface area contributed by atoms with Gasteiger partial charge in [0, 0.05) is 17.1 Å². The fourth-order valence-corrected chi connectivity index (χ4v) is 5.65. The van der Waals surface area contributed by atoms with Crippen molar-refractivity contribution in [2.75, 3.05) is 5.73 Å². The fraction of sp³-hybridized carbons (Fsp3) is 0.391. The Bertz CT molecular complexity index is 1080. The van der Waals surface area contributed by atoms with Crippen molar-refractivity contribution in [1.82, 2.24) is 10.3 Å². The highest BCUT2D eigenvalue weighted by Crippen LogP contribution is 2.40. The van der Waals surface area contributed by atoms with Crippen molar-refractivity contribution in [2.24, 2.45) is 0 Å². The molecule has 0 radical (unpaired) electrons. The maximum absolute atomic E-state index is 13.0. The number of aromatic nitrogens is 1. The maximum Gasteiger partial charge on any atom is 0.263 e. The summed E-state index contributed by atoms with van der Waals surface area (Å²) < 4.78 is 5.18. The molecule has 0 aliphatic heterocycles. The number of nitrogens with two attached hydrogens (primary N) is 1. The topological polar surface area (TPSA) is 77.2 Å². The lowest BCUT2D eigenvalue weighted by Crippen LogP contribution is -2.33. The molecule has 0 saturated heterocycles. The zero-order valence-electron chi connectivity index (χ0n) is 17.3. The van der Waals surface area contributed by atoms with Gasteiger partial charge in [0.15, 0.2) is 23.0 Å². The van der Waals surface area contributed by atoms with Crippen molar-refractivity contribution >= 4 is 56.2 Å². The first-order valence-corrected chi connectivity index (χ1v) is 12.1. The summed E-state index contributed by atoms with van der Waals surface area (Å²) in [7, 11) is 0. The molecule has 1 atom stereocenters. The molecule has 2 aromatic heterocycles. The normalized spacial score (nSPS) is 14.0. The van der Waals surface area contributed by atoms with Crippen LogP contribution in [0, 0.1) is 0 Å². The number of carbonyl (C=O) groups excluding carboxylic acids is 1. The van der Waals surface area contributed by atoms with E-state index in [1.54, 1.807) is 0 Å². The van der Waals surface area contributed by atoms with E-state index in [1.807, 2.05) is 54.2 Å². The quantitative estimate of drug-likeness (QED) is 0.397. The van der Waals surface area contributed by atoms with Crippen molar-refractivity contribution in [3.63, 3.8) is 0 Å². The first-order valence-electron chi connectivity index (χ1n) is 10.4. The molecule has 0 spiro atoms. The van der Waals surface area contributed by atoms with E-state index in [9.17, 15) is 4.79 Å². The molecule has 2 heterocycles. The highest BCUT2D eigenvalue weighted by atomic mass is 127. The lowest BCUT2D eigenvalue weighted by molar-refractivity contribution is 0.0945. The molecule has 0 bridgehead atoms. The van der Waals surface area contributed by atoms with E-state index < -0.39 is 0 Å². The largest absolute Gasteiger partial charge is 0.428 e. The van der Waals surface area contributed by atoms with E-state index in [2.05, 4.69) is 12.2 Å². The molecule has 5 nitrogen and oxygen atoms in total. The minimum Gasteiger partial charge on any atom is -0.428 e. The minimum atomic E-state index is -0.112. The molecular weight excluding hydrogens is 509 g/mol. The Labute approximate surface area is 195 Å². The molecule has 158 valence electrons. The second-order valence-corrected chi connectivity index (χ2v) is 9.38. The first-order chi connectivity index (χ1) is 14.5. The molecule has 1 aromatic carbocycles. The number of fused-ring (bicyclic) bond motifs is 3. The van der Waals surface area contributed by atoms with Crippen LogP contribution in [0.3, 0.4) is 0 Å². The van der Waals surface area contributed by atoms with Crippen LogP contribution in [-0.2, 0) is 25.7 Å². The monoisotopic (exact) mass is 535 g/mol. The highest BCUT2D eigenvalue weighted by Gasteiger charge is 2.26. The van der Waals surface area contributed by atoms with Crippen molar-refractivity contribution < 1.29 is 7.86 Å². The molecule has 3 aromatic rings. The molecule has 4 rings (SSSR count). The molecule has 3 N–H and O–H groups in total. The summed E-state index contributed by atoms with van der Waals surface area (Å²) >= 11 is 3.29. The minimum absolute atomic E-state index is 0.0113. The van der Waals surface area contributed by atoms with E-state index >= 15 is 0 Å². The van der Waals surface area contributed by atoms with Gasteiger partial charge in [0.2, 0.25) is 0 Å². The standard InChI is InChI=1S/C23H26IN3O2S/c1-3-5-18-16-6-4-7-17(16)19-20(25)21(30-23(19)27-18)22(28)26-13(2)12-14-8-10-15(29-24)11-9-14/h8-11,13H,3-7,12,25H2,1-2H3,(H,26,28)/t13-/m1/s1. The third-order valence-electron chi connectivity index (χ3n) is 5.66. The highest BCUT2D eigenvalue weighted by molar-refractivity contribution is 14.1. The number of hydrogen-bond donors (Lipinski definition) is 2. The van der Waals surface area contributed by atoms with Gasteiger partial charge in [-0.1, -0.05) is 25.5 Å². The fourth-order valence-electron chi connectivity index (χ4n) is 4.31. The Kier molecular flexibility index (Phi) is 6.48. The Balaban J connectivity index is 1.56. The van der Waals surface area contributed by atoms with E-state index in [0.717, 1.165) is 60.1 Å². The van der Waals surface area contributed by atoms with Gasteiger partial charge >= 0.3 is 0 Å². The molecule has 1 amide bonds. The number of amides is 1. The van der Waals surface area contributed by atoms with E-state index in [-0.39, 0.29) is 11.9 Å². The summed E-state index contributed by atoms with van der Waals surface area (Å²) in [4.78, 5) is 19.4.